The Morgan fingerprint density at radius 1 is 1.22 bits per heavy atom. The molecule has 0 fully saturated rings. The molecular weight excluding hydrogens is 242 g/mol. The predicted octanol–water partition coefficient (Wildman–Crippen LogP) is 2.46. The van der Waals surface area contributed by atoms with Gasteiger partial charge in [0.2, 0.25) is 0 Å². The second kappa shape index (κ2) is 8.06. The maximum absolute atomic E-state index is 5.55. The van der Waals surface area contributed by atoms with Crippen molar-refractivity contribution in [3.05, 3.63) is 29.8 Å². The SMILES string of the molecule is CCN(CC)CCCNc1ccc(C(N)=S)cc1. The minimum Gasteiger partial charge on any atom is -0.389 e. The van der Waals surface area contributed by atoms with Crippen LogP contribution in [-0.4, -0.2) is 36.1 Å². The molecule has 0 aliphatic heterocycles. The molecule has 0 unspecified atom stereocenters. The summed E-state index contributed by atoms with van der Waals surface area (Å²) in [7, 11) is 0. The van der Waals surface area contributed by atoms with Crippen molar-refractivity contribution in [1.82, 2.24) is 4.90 Å². The molecule has 1 aromatic rings. The number of nitrogens with one attached hydrogen (secondary N) is 1. The topological polar surface area (TPSA) is 41.3 Å². The number of nitrogens with two attached hydrogens (primary N) is 1. The van der Waals surface area contributed by atoms with Gasteiger partial charge < -0.3 is 16.0 Å². The third-order valence-corrected chi connectivity index (χ3v) is 3.28. The van der Waals surface area contributed by atoms with Gasteiger partial charge >= 0.3 is 0 Å². The van der Waals surface area contributed by atoms with Crippen LogP contribution in [-0.2, 0) is 0 Å². The number of benzene rings is 1. The van der Waals surface area contributed by atoms with Crippen LogP contribution < -0.4 is 11.1 Å². The highest BCUT2D eigenvalue weighted by Crippen LogP contribution is 2.09. The third-order valence-electron chi connectivity index (χ3n) is 3.04. The van der Waals surface area contributed by atoms with Crippen molar-refractivity contribution < 1.29 is 0 Å². The van der Waals surface area contributed by atoms with Crippen LogP contribution >= 0.6 is 12.2 Å². The molecule has 0 aliphatic rings. The number of nitrogens with zero attached hydrogens (tertiary/aromatic N) is 1. The smallest absolute Gasteiger partial charge is 0.103 e. The van der Waals surface area contributed by atoms with Crippen LogP contribution in [0.2, 0.25) is 0 Å². The summed E-state index contributed by atoms with van der Waals surface area (Å²) in [6.07, 6.45) is 1.15. The number of anilines is 1. The first-order valence-corrected chi connectivity index (χ1v) is 6.94. The average Bonchev–Trinajstić information content (AvgIpc) is 2.39. The van der Waals surface area contributed by atoms with Gasteiger partial charge in [-0.2, -0.15) is 0 Å². The van der Waals surface area contributed by atoms with Crippen molar-refractivity contribution >= 4 is 22.9 Å². The van der Waals surface area contributed by atoms with Crippen LogP contribution in [0.1, 0.15) is 25.8 Å². The summed E-state index contributed by atoms with van der Waals surface area (Å²) < 4.78 is 0. The molecule has 0 spiro atoms. The van der Waals surface area contributed by atoms with E-state index in [2.05, 4.69) is 24.1 Å². The fraction of sp³-hybridized carbons (Fsp3) is 0.500. The minimum absolute atomic E-state index is 0.447. The van der Waals surface area contributed by atoms with Crippen LogP contribution in [0.25, 0.3) is 0 Å². The largest absolute Gasteiger partial charge is 0.389 e. The van der Waals surface area contributed by atoms with Crippen molar-refractivity contribution in [3.8, 4) is 0 Å². The van der Waals surface area contributed by atoms with E-state index in [-0.39, 0.29) is 0 Å². The molecule has 1 aromatic carbocycles. The highest BCUT2D eigenvalue weighted by molar-refractivity contribution is 7.80. The molecule has 0 atom stereocenters. The molecule has 0 radical (unpaired) electrons. The van der Waals surface area contributed by atoms with Gasteiger partial charge in [-0.25, -0.2) is 0 Å². The zero-order valence-corrected chi connectivity index (χ0v) is 12.1. The van der Waals surface area contributed by atoms with E-state index in [0.29, 0.717) is 4.99 Å². The summed E-state index contributed by atoms with van der Waals surface area (Å²) in [5.41, 5.74) is 7.59. The quantitative estimate of drug-likeness (QED) is 0.560. The lowest BCUT2D eigenvalue weighted by Crippen LogP contribution is -2.25. The van der Waals surface area contributed by atoms with Crippen LogP contribution in [0.5, 0.6) is 0 Å². The van der Waals surface area contributed by atoms with Crippen molar-refractivity contribution in [3.63, 3.8) is 0 Å². The Labute approximate surface area is 115 Å². The van der Waals surface area contributed by atoms with Crippen LogP contribution in [0.15, 0.2) is 24.3 Å². The van der Waals surface area contributed by atoms with Gasteiger partial charge in [0.05, 0.1) is 0 Å². The summed E-state index contributed by atoms with van der Waals surface area (Å²) in [6.45, 7) is 8.78. The van der Waals surface area contributed by atoms with E-state index in [4.69, 9.17) is 18.0 Å². The van der Waals surface area contributed by atoms with Gasteiger partial charge in [-0.1, -0.05) is 26.1 Å². The van der Waals surface area contributed by atoms with Crippen molar-refractivity contribution in [1.29, 1.82) is 0 Å². The van der Waals surface area contributed by atoms with Gasteiger partial charge in [0, 0.05) is 17.8 Å². The number of hydrogen-bond acceptors (Lipinski definition) is 3. The summed E-state index contributed by atoms with van der Waals surface area (Å²) in [5, 5.41) is 3.40. The maximum Gasteiger partial charge on any atom is 0.103 e. The molecule has 100 valence electrons. The molecule has 0 bridgehead atoms. The molecule has 4 heteroatoms. The van der Waals surface area contributed by atoms with Crippen molar-refractivity contribution in [2.45, 2.75) is 20.3 Å². The second-order valence-electron chi connectivity index (χ2n) is 4.25. The molecule has 18 heavy (non-hydrogen) atoms. The lowest BCUT2D eigenvalue weighted by Gasteiger charge is -2.17. The third kappa shape index (κ3) is 5.02. The monoisotopic (exact) mass is 265 g/mol. The average molecular weight is 265 g/mol. The van der Waals surface area contributed by atoms with Crippen molar-refractivity contribution in [2.75, 3.05) is 31.5 Å². The molecule has 3 N–H and O–H groups in total. The first-order chi connectivity index (χ1) is 8.67. The Morgan fingerprint density at radius 3 is 2.33 bits per heavy atom. The minimum atomic E-state index is 0.447. The fourth-order valence-corrected chi connectivity index (χ4v) is 1.96. The summed E-state index contributed by atoms with van der Waals surface area (Å²) in [6, 6.07) is 7.95. The number of thiocarbonyl (C=S) groups is 1. The molecule has 0 saturated heterocycles. The normalized spacial score (nSPS) is 10.6. The Hall–Kier alpha value is -1.13. The molecule has 0 amide bonds. The Kier molecular flexibility index (Phi) is 6.68. The van der Waals surface area contributed by atoms with E-state index in [1.165, 1.54) is 0 Å². The van der Waals surface area contributed by atoms with Gasteiger partial charge in [-0.15, -0.1) is 0 Å². The number of hydrogen-bond donors (Lipinski definition) is 2. The van der Waals surface area contributed by atoms with Gasteiger partial charge in [-0.05, 0) is 50.3 Å². The molecule has 0 aliphatic carbocycles. The first-order valence-electron chi connectivity index (χ1n) is 6.53. The van der Waals surface area contributed by atoms with E-state index in [0.717, 1.165) is 43.9 Å². The lowest BCUT2D eigenvalue weighted by molar-refractivity contribution is 0.303. The van der Waals surface area contributed by atoms with E-state index in [1.807, 2.05) is 24.3 Å². The molecule has 3 nitrogen and oxygen atoms in total. The summed E-state index contributed by atoms with van der Waals surface area (Å²) >= 11 is 4.92. The van der Waals surface area contributed by atoms with Crippen LogP contribution in [0.3, 0.4) is 0 Å². The van der Waals surface area contributed by atoms with Gasteiger partial charge in [0.1, 0.15) is 4.99 Å². The molecule has 0 aromatic heterocycles. The Bertz CT molecular complexity index is 358. The lowest BCUT2D eigenvalue weighted by atomic mass is 10.2. The highest BCUT2D eigenvalue weighted by atomic mass is 32.1. The fourth-order valence-electron chi connectivity index (χ4n) is 1.83. The Morgan fingerprint density at radius 2 is 1.83 bits per heavy atom. The van der Waals surface area contributed by atoms with E-state index >= 15 is 0 Å². The molecule has 1 rings (SSSR count). The van der Waals surface area contributed by atoms with Gasteiger partial charge in [0.25, 0.3) is 0 Å². The number of rotatable bonds is 8. The van der Waals surface area contributed by atoms with E-state index in [1.54, 1.807) is 0 Å². The zero-order chi connectivity index (χ0) is 13.4. The van der Waals surface area contributed by atoms with Crippen LogP contribution in [0, 0.1) is 0 Å². The zero-order valence-electron chi connectivity index (χ0n) is 11.3. The second-order valence-corrected chi connectivity index (χ2v) is 4.69. The maximum atomic E-state index is 5.55. The summed E-state index contributed by atoms with van der Waals surface area (Å²) in [5.74, 6) is 0. The predicted molar refractivity (Wildman–Crippen MR) is 83.2 cm³/mol. The highest BCUT2D eigenvalue weighted by Gasteiger charge is 1.99. The molecular formula is C14H23N3S. The van der Waals surface area contributed by atoms with Gasteiger partial charge in [0.15, 0.2) is 0 Å². The van der Waals surface area contributed by atoms with E-state index in [9.17, 15) is 0 Å². The Balaban J connectivity index is 2.29. The van der Waals surface area contributed by atoms with Gasteiger partial charge in [-0.3, -0.25) is 0 Å². The molecule has 0 heterocycles. The van der Waals surface area contributed by atoms with Crippen molar-refractivity contribution in [2.24, 2.45) is 5.73 Å². The standard InChI is InChI=1S/C14H23N3S/c1-3-17(4-2)11-5-10-16-13-8-6-12(7-9-13)14(15)18/h6-9,16H,3-5,10-11H2,1-2H3,(H2,15,18). The van der Waals surface area contributed by atoms with Crippen LogP contribution in [0.4, 0.5) is 5.69 Å². The van der Waals surface area contributed by atoms with E-state index < -0.39 is 0 Å². The first kappa shape index (κ1) is 14.9. The summed E-state index contributed by atoms with van der Waals surface area (Å²) in [4.78, 5) is 2.88. The molecule has 0 saturated carbocycles.